The van der Waals surface area contributed by atoms with Crippen LogP contribution in [0.15, 0.2) is 29.2 Å². The molecule has 5 heteroatoms. The van der Waals surface area contributed by atoms with E-state index >= 15 is 0 Å². The van der Waals surface area contributed by atoms with Crippen molar-refractivity contribution in [3.05, 3.63) is 24.3 Å². The zero-order valence-electron chi connectivity index (χ0n) is 12.0. The van der Waals surface area contributed by atoms with Crippen molar-refractivity contribution in [2.24, 2.45) is 5.92 Å². The van der Waals surface area contributed by atoms with E-state index in [0.717, 1.165) is 36.5 Å². The van der Waals surface area contributed by atoms with E-state index in [1.165, 1.54) is 0 Å². The van der Waals surface area contributed by atoms with Gasteiger partial charge < -0.3 is 10.6 Å². The van der Waals surface area contributed by atoms with Crippen LogP contribution >= 0.6 is 24.2 Å². The minimum atomic E-state index is 0. The zero-order valence-corrected chi connectivity index (χ0v) is 13.7. The molecule has 1 heterocycles. The van der Waals surface area contributed by atoms with E-state index in [4.69, 9.17) is 0 Å². The van der Waals surface area contributed by atoms with E-state index in [9.17, 15) is 4.79 Å². The van der Waals surface area contributed by atoms with Crippen molar-refractivity contribution in [2.75, 3.05) is 18.4 Å². The third-order valence-corrected chi connectivity index (χ3v) is 4.26. The first-order valence-electron chi connectivity index (χ1n) is 6.94. The Balaban J connectivity index is 0.00000200. The number of para-hydroxylation sites is 1. The fourth-order valence-electron chi connectivity index (χ4n) is 2.24. The summed E-state index contributed by atoms with van der Waals surface area (Å²) >= 11 is 1.78. The van der Waals surface area contributed by atoms with Crippen LogP contribution in [0.1, 0.15) is 26.7 Å². The van der Waals surface area contributed by atoms with Crippen LogP contribution in [0.3, 0.4) is 0 Å². The monoisotopic (exact) mass is 314 g/mol. The molecule has 112 valence electrons. The molecule has 1 aromatic carbocycles. The molecule has 2 rings (SSSR count). The molecule has 1 saturated heterocycles. The second-order valence-electron chi connectivity index (χ2n) is 5.20. The predicted octanol–water partition coefficient (Wildman–Crippen LogP) is 3.55. The van der Waals surface area contributed by atoms with Gasteiger partial charge in [0, 0.05) is 16.7 Å². The molecule has 0 spiro atoms. The highest BCUT2D eigenvalue weighted by atomic mass is 35.5. The summed E-state index contributed by atoms with van der Waals surface area (Å²) in [5, 5.41) is 6.88. The molecule has 1 unspecified atom stereocenters. The second-order valence-corrected chi connectivity index (χ2v) is 6.81. The van der Waals surface area contributed by atoms with Gasteiger partial charge in [-0.1, -0.05) is 26.0 Å². The lowest BCUT2D eigenvalue weighted by Crippen LogP contribution is -2.37. The fraction of sp³-hybridized carbons (Fsp3) is 0.533. The third kappa shape index (κ3) is 5.00. The highest BCUT2D eigenvalue weighted by molar-refractivity contribution is 8.00. The van der Waals surface area contributed by atoms with E-state index in [0.29, 0.717) is 5.25 Å². The number of hydrogen-bond acceptors (Lipinski definition) is 3. The van der Waals surface area contributed by atoms with Crippen LogP contribution in [0.25, 0.3) is 0 Å². The van der Waals surface area contributed by atoms with Gasteiger partial charge >= 0.3 is 0 Å². The molecule has 0 aliphatic carbocycles. The Kier molecular flexibility index (Phi) is 7.41. The SMILES string of the molecule is CC(C)Sc1ccccc1NC(=O)C1CCCNC1.Cl. The Hall–Kier alpha value is -0.710. The number of rotatable bonds is 4. The maximum atomic E-state index is 12.2. The van der Waals surface area contributed by atoms with Crippen LogP contribution in [0.4, 0.5) is 5.69 Å². The lowest BCUT2D eigenvalue weighted by Gasteiger charge is -2.22. The summed E-state index contributed by atoms with van der Waals surface area (Å²) in [7, 11) is 0. The maximum Gasteiger partial charge on any atom is 0.228 e. The van der Waals surface area contributed by atoms with Crippen LogP contribution in [0.2, 0.25) is 0 Å². The average molecular weight is 315 g/mol. The summed E-state index contributed by atoms with van der Waals surface area (Å²) in [5.74, 6) is 0.245. The highest BCUT2D eigenvalue weighted by Gasteiger charge is 2.21. The molecule has 3 nitrogen and oxygen atoms in total. The Morgan fingerprint density at radius 3 is 2.80 bits per heavy atom. The Bertz CT molecular complexity index is 434. The number of hydrogen-bond donors (Lipinski definition) is 2. The number of nitrogens with one attached hydrogen (secondary N) is 2. The number of benzene rings is 1. The molecule has 1 aliphatic rings. The number of carbonyl (C=O) groups excluding carboxylic acids is 1. The second kappa shape index (κ2) is 8.55. The molecule has 0 radical (unpaired) electrons. The molecule has 0 aromatic heterocycles. The first-order valence-corrected chi connectivity index (χ1v) is 7.82. The van der Waals surface area contributed by atoms with E-state index in [2.05, 4.69) is 30.5 Å². The van der Waals surface area contributed by atoms with Crippen LogP contribution in [-0.4, -0.2) is 24.2 Å². The maximum absolute atomic E-state index is 12.2. The summed E-state index contributed by atoms with van der Waals surface area (Å²) in [4.78, 5) is 13.4. The summed E-state index contributed by atoms with van der Waals surface area (Å²) in [5.41, 5.74) is 0.941. The zero-order chi connectivity index (χ0) is 13.7. The molecular weight excluding hydrogens is 292 g/mol. The molecule has 1 aliphatic heterocycles. The van der Waals surface area contributed by atoms with Crippen molar-refractivity contribution >= 4 is 35.8 Å². The van der Waals surface area contributed by atoms with Crippen molar-refractivity contribution in [1.29, 1.82) is 0 Å². The van der Waals surface area contributed by atoms with Crippen LogP contribution in [0, 0.1) is 5.92 Å². The molecule has 1 amide bonds. The predicted molar refractivity (Wildman–Crippen MR) is 88.9 cm³/mol. The van der Waals surface area contributed by atoms with Crippen molar-refractivity contribution in [3.63, 3.8) is 0 Å². The minimum absolute atomic E-state index is 0. The average Bonchev–Trinajstić information content (AvgIpc) is 2.41. The number of thioether (sulfide) groups is 1. The van der Waals surface area contributed by atoms with Gasteiger partial charge in [0.25, 0.3) is 0 Å². The molecule has 1 fully saturated rings. The van der Waals surface area contributed by atoms with E-state index in [-0.39, 0.29) is 24.2 Å². The summed E-state index contributed by atoms with van der Waals surface area (Å²) in [6.45, 7) is 6.15. The third-order valence-electron chi connectivity index (χ3n) is 3.18. The summed E-state index contributed by atoms with van der Waals surface area (Å²) < 4.78 is 0. The van der Waals surface area contributed by atoms with Gasteiger partial charge in [-0.2, -0.15) is 0 Å². The Labute approximate surface area is 131 Å². The van der Waals surface area contributed by atoms with Gasteiger partial charge in [-0.3, -0.25) is 4.79 Å². The number of anilines is 1. The molecule has 0 bridgehead atoms. The lowest BCUT2D eigenvalue weighted by atomic mass is 9.99. The Morgan fingerprint density at radius 1 is 1.40 bits per heavy atom. The molecule has 20 heavy (non-hydrogen) atoms. The lowest BCUT2D eigenvalue weighted by molar-refractivity contribution is -0.120. The number of halogens is 1. The van der Waals surface area contributed by atoms with Crippen molar-refractivity contribution in [3.8, 4) is 0 Å². The summed E-state index contributed by atoms with van der Waals surface area (Å²) in [6, 6.07) is 8.04. The van der Waals surface area contributed by atoms with E-state index < -0.39 is 0 Å². The van der Waals surface area contributed by atoms with Gasteiger partial charge in [0.2, 0.25) is 5.91 Å². The molecule has 1 atom stereocenters. The smallest absolute Gasteiger partial charge is 0.228 e. The number of piperidine rings is 1. The fourth-order valence-corrected chi connectivity index (χ4v) is 3.15. The van der Waals surface area contributed by atoms with Crippen LogP contribution in [-0.2, 0) is 4.79 Å². The summed E-state index contributed by atoms with van der Waals surface area (Å²) in [6.07, 6.45) is 2.07. The highest BCUT2D eigenvalue weighted by Crippen LogP contribution is 2.30. The molecule has 2 N–H and O–H groups in total. The van der Waals surface area contributed by atoms with Crippen molar-refractivity contribution < 1.29 is 4.79 Å². The van der Waals surface area contributed by atoms with Crippen LogP contribution in [0.5, 0.6) is 0 Å². The Morgan fingerprint density at radius 2 is 2.15 bits per heavy atom. The van der Waals surface area contributed by atoms with Gasteiger partial charge in [0.05, 0.1) is 11.6 Å². The van der Waals surface area contributed by atoms with Gasteiger partial charge in [-0.15, -0.1) is 24.2 Å². The molecule has 1 aromatic rings. The van der Waals surface area contributed by atoms with Gasteiger partial charge in [0.1, 0.15) is 0 Å². The molecular formula is C15H23ClN2OS. The number of carbonyl (C=O) groups is 1. The topological polar surface area (TPSA) is 41.1 Å². The first kappa shape index (κ1) is 17.3. The van der Waals surface area contributed by atoms with E-state index in [1.807, 2.05) is 18.2 Å². The first-order chi connectivity index (χ1) is 9.16. The molecule has 0 saturated carbocycles. The quantitative estimate of drug-likeness (QED) is 0.835. The van der Waals surface area contributed by atoms with Crippen LogP contribution < -0.4 is 10.6 Å². The number of amides is 1. The largest absolute Gasteiger partial charge is 0.325 e. The van der Waals surface area contributed by atoms with E-state index in [1.54, 1.807) is 11.8 Å². The van der Waals surface area contributed by atoms with Gasteiger partial charge in [-0.25, -0.2) is 0 Å². The standard InChI is InChI=1S/C15H22N2OS.ClH/c1-11(2)19-14-8-4-3-7-13(14)17-15(18)12-6-5-9-16-10-12;/h3-4,7-8,11-12,16H,5-6,9-10H2,1-2H3,(H,17,18);1H. The minimum Gasteiger partial charge on any atom is -0.325 e. The normalized spacial score (nSPS) is 18.4. The van der Waals surface area contributed by atoms with Gasteiger partial charge in [0.15, 0.2) is 0 Å². The van der Waals surface area contributed by atoms with Gasteiger partial charge in [-0.05, 0) is 31.5 Å². The van der Waals surface area contributed by atoms with Crippen molar-refractivity contribution in [1.82, 2.24) is 5.32 Å². The van der Waals surface area contributed by atoms with Crippen molar-refractivity contribution in [2.45, 2.75) is 36.8 Å².